The molecule has 2 rings (SSSR count). The Morgan fingerprint density at radius 1 is 1.20 bits per heavy atom. The predicted octanol–water partition coefficient (Wildman–Crippen LogP) is 3.58. The van der Waals surface area contributed by atoms with E-state index in [0.717, 1.165) is 19.3 Å². The van der Waals surface area contributed by atoms with Crippen LogP contribution in [0.25, 0.3) is 10.4 Å². The summed E-state index contributed by atoms with van der Waals surface area (Å²) in [6, 6.07) is 6.06. The molecule has 6 nitrogen and oxygen atoms in total. The van der Waals surface area contributed by atoms with E-state index in [0.29, 0.717) is 5.69 Å². The molecule has 0 N–H and O–H groups in total. The SMILES string of the molecule is CC1CCCC(C)N1S(=O)(=O)c1ccc(N=[N+]=[N-])cc1. The maximum absolute atomic E-state index is 12.7. The molecule has 1 aromatic carbocycles. The summed E-state index contributed by atoms with van der Waals surface area (Å²) < 4.78 is 27.0. The van der Waals surface area contributed by atoms with Gasteiger partial charge < -0.3 is 0 Å². The number of nitrogens with zero attached hydrogens (tertiary/aromatic N) is 4. The lowest BCUT2D eigenvalue weighted by atomic mass is 10.0. The first-order valence-electron chi connectivity index (χ1n) is 6.65. The molecule has 1 saturated heterocycles. The minimum Gasteiger partial charge on any atom is -0.207 e. The molecule has 20 heavy (non-hydrogen) atoms. The van der Waals surface area contributed by atoms with Crippen molar-refractivity contribution in [1.82, 2.24) is 4.31 Å². The smallest absolute Gasteiger partial charge is 0.207 e. The van der Waals surface area contributed by atoms with Crippen LogP contribution in [0.15, 0.2) is 34.3 Å². The van der Waals surface area contributed by atoms with Gasteiger partial charge in [0.05, 0.1) is 4.90 Å². The highest BCUT2D eigenvalue weighted by atomic mass is 32.2. The van der Waals surface area contributed by atoms with Gasteiger partial charge in [0.2, 0.25) is 10.0 Å². The van der Waals surface area contributed by atoms with Crippen molar-refractivity contribution in [2.24, 2.45) is 5.11 Å². The molecule has 1 aliphatic rings. The number of hydrogen-bond donors (Lipinski definition) is 0. The van der Waals surface area contributed by atoms with Crippen LogP contribution in [-0.2, 0) is 10.0 Å². The van der Waals surface area contributed by atoms with Crippen LogP contribution in [0.4, 0.5) is 5.69 Å². The zero-order valence-corrected chi connectivity index (χ0v) is 12.4. The molecular formula is C13H18N4O2S. The summed E-state index contributed by atoms with van der Waals surface area (Å²) in [7, 11) is -3.49. The lowest BCUT2D eigenvalue weighted by molar-refractivity contribution is 0.204. The molecule has 1 aromatic rings. The van der Waals surface area contributed by atoms with Crippen LogP contribution >= 0.6 is 0 Å². The zero-order valence-electron chi connectivity index (χ0n) is 11.6. The van der Waals surface area contributed by atoms with E-state index in [1.165, 1.54) is 24.3 Å². The van der Waals surface area contributed by atoms with Gasteiger partial charge in [0.15, 0.2) is 0 Å². The van der Waals surface area contributed by atoms with E-state index >= 15 is 0 Å². The average Bonchev–Trinajstić information content (AvgIpc) is 2.39. The van der Waals surface area contributed by atoms with Crippen molar-refractivity contribution in [3.63, 3.8) is 0 Å². The van der Waals surface area contributed by atoms with Crippen LogP contribution < -0.4 is 0 Å². The third kappa shape index (κ3) is 2.80. The van der Waals surface area contributed by atoms with Crippen LogP contribution in [0, 0.1) is 0 Å². The fraction of sp³-hybridized carbons (Fsp3) is 0.538. The molecule has 2 atom stereocenters. The Morgan fingerprint density at radius 2 is 1.75 bits per heavy atom. The average molecular weight is 294 g/mol. The molecule has 2 unspecified atom stereocenters. The van der Waals surface area contributed by atoms with Crippen LogP contribution in [-0.4, -0.2) is 24.8 Å². The topological polar surface area (TPSA) is 86.1 Å². The highest BCUT2D eigenvalue weighted by Gasteiger charge is 2.35. The van der Waals surface area contributed by atoms with E-state index in [2.05, 4.69) is 10.0 Å². The van der Waals surface area contributed by atoms with E-state index < -0.39 is 10.0 Å². The highest BCUT2D eigenvalue weighted by molar-refractivity contribution is 7.89. The maximum Gasteiger partial charge on any atom is 0.243 e. The predicted molar refractivity (Wildman–Crippen MR) is 77.0 cm³/mol. The van der Waals surface area contributed by atoms with Crippen molar-refractivity contribution in [2.75, 3.05) is 0 Å². The number of piperidine rings is 1. The summed E-state index contributed by atoms with van der Waals surface area (Å²) in [5, 5.41) is 3.44. The quantitative estimate of drug-likeness (QED) is 0.484. The van der Waals surface area contributed by atoms with Gasteiger partial charge in [0, 0.05) is 22.7 Å². The molecule has 0 radical (unpaired) electrons. The van der Waals surface area contributed by atoms with Gasteiger partial charge in [0.1, 0.15) is 0 Å². The Morgan fingerprint density at radius 3 is 2.25 bits per heavy atom. The number of benzene rings is 1. The fourth-order valence-electron chi connectivity index (χ4n) is 2.73. The normalized spacial score (nSPS) is 24.1. The third-order valence-corrected chi connectivity index (χ3v) is 5.83. The molecule has 0 amide bonds. The molecule has 0 spiro atoms. The van der Waals surface area contributed by atoms with Crippen LogP contribution in [0.3, 0.4) is 0 Å². The molecule has 1 heterocycles. The molecule has 0 saturated carbocycles. The Kier molecular flexibility index (Phi) is 4.32. The largest absolute Gasteiger partial charge is 0.243 e. The fourth-order valence-corrected chi connectivity index (χ4v) is 4.61. The van der Waals surface area contributed by atoms with Gasteiger partial charge in [-0.15, -0.1) is 0 Å². The van der Waals surface area contributed by atoms with E-state index in [1.54, 1.807) is 4.31 Å². The molecule has 0 bridgehead atoms. The van der Waals surface area contributed by atoms with Crippen molar-refractivity contribution in [2.45, 2.75) is 50.1 Å². The Bertz CT molecular complexity index is 610. The maximum atomic E-state index is 12.7. The first kappa shape index (κ1) is 14.8. The Hall–Kier alpha value is -1.56. The van der Waals surface area contributed by atoms with E-state index in [1.807, 2.05) is 13.8 Å². The van der Waals surface area contributed by atoms with Gasteiger partial charge in [-0.3, -0.25) is 0 Å². The second-order valence-corrected chi connectivity index (χ2v) is 6.99. The zero-order chi connectivity index (χ0) is 14.8. The second-order valence-electron chi connectivity index (χ2n) is 5.15. The summed E-state index contributed by atoms with van der Waals surface area (Å²) in [6.45, 7) is 3.89. The van der Waals surface area contributed by atoms with Gasteiger partial charge in [-0.25, -0.2) is 8.42 Å². The number of sulfonamides is 1. The number of hydrogen-bond acceptors (Lipinski definition) is 3. The van der Waals surface area contributed by atoms with Gasteiger partial charge in [0.25, 0.3) is 0 Å². The molecule has 0 aliphatic carbocycles. The highest BCUT2D eigenvalue weighted by Crippen LogP contribution is 2.30. The van der Waals surface area contributed by atoms with Crippen LogP contribution in [0.5, 0.6) is 0 Å². The van der Waals surface area contributed by atoms with E-state index in [-0.39, 0.29) is 17.0 Å². The van der Waals surface area contributed by atoms with E-state index in [4.69, 9.17) is 5.53 Å². The molecule has 7 heteroatoms. The van der Waals surface area contributed by atoms with Crippen LogP contribution in [0.2, 0.25) is 0 Å². The first-order chi connectivity index (χ1) is 9.46. The first-order valence-corrected chi connectivity index (χ1v) is 8.09. The standard InChI is InChI=1S/C13H18N4O2S/c1-10-4-3-5-11(2)17(10)20(18,19)13-8-6-12(7-9-13)15-16-14/h6-11H,3-5H2,1-2H3. The third-order valence-electron chi connectivity index (χ3n) is 3.68. The summed E-state index contributed by atoms with van der Waals surface area (Å²) in [5.41, 5.74) is 8.76. The summed E-state index contributed by atoms with van der Waals surface area (Å²) in [4.78, 5) is 2.92. The second kappa shape index (κ2) is 5.83. The summed E-state index contributed by atoms with van der Waals surface area (Å²) in [6.07, 6.45) is 2.84. The summed E-state index contributed by atoms with van der Waals surface area (Å²) >= 11 is 0. The van der Waals surface area contributed by atoms with E-state index in [9.17, 15) is 8.42 Å². The lowest BCUT2D eigenvalue weighted by Gasteiger charge is -2.37. The molecule has 1 aliphatic heterocycles. The molecule has 108 valence electrons. The van der Waals surface area contributed by atoms with Gasteiger partial charge >= 0.3 is 0 Å². The van der Waals surface area contributed by atoms with Crippen molar-refractivity contribution in [1.29, 1.82) is 0 Å². The van der Waals surface area contributed by atoms with Crippen molar-refractivity contribution in [3.05, 3.63) is 34.7 Å². The monoisotopic (exact) mass is 294 g/mol. The van der Waals surface area contributed by atoms with Crippen molar-refractivity contribution >= 4 is 15.7 Å². The minimum atomic E-state index is -3.49. The van der Waals surface area contributed by atoms with Crippen LogP contribution in [0.1, 0.15) is 33.1 Å². The van der Waals surface area contributed by atoms with Crippen molar-refractivity contribution in [3.8, 4) is 0 Å². The molecule has 1 fully saturated rings. The van der Waals surface area contributed by atoms with Gasteiger partial charge in [-0.05, 0) is 44.4 Å². The van der Waals surface area contributed by atoms with Gasteiger partial charge in [-0.2, -0.15) is 4.31 Å². The Balaban J connectivity index is 2.36. The summed E-state index contributed by atoms with van der Waals surface area (Å²) in [5.74, 6) is 0. The van der Waals surface area contributed by atoms with Crippen molar-refractivity contribution < 1.29 is 8.42 Å². The lowest BCUT2D eigenvalue weighted by Crippen LogP contribution is -2.47. The number of azide groups is 1. The van der Waals surface area contributed by atoms with Gasteiger partial charge in [-0.1, -0.05) is 23.7 Å². The molecule has 0 aromatic heterocycles. The minimum absolute atomic E-state index is 0.0144. The molecular weight excluding hydrogens is 276 g/mol. The Labute approximate surface area is 119 Å². The number of rotatable bonds is 3.